The molecule has 1 saturated carbocycles. The molecule has 0 amide bonds. The van der Waals surface area contributed by atoms with Gasteiger partial charge in [0.2, 0.25) is 0 Å². The van der Waals surface area contributed by atoms with Crippen molar-refractivity contribution < 1.29 is 9.47 Å². The number of methoxy groups -OCH3 is 2. The summed E-state index contributed by atoms with van der Waals surface area (Å²) in [5, 5.41) is 0. The lowest BCUT2D eigenvalue weighted by atomic mass is 9.75. The lowest BCUT2D eigenvalue weighted by molar-refractivity contribution is -0.0819. The third-order valence-corrected chi connectivity index (χ3v) is 3.26. The molecule has 0 aromatic carbocycles. The predicted molar refractivity (Wildman–Crippen MR) is 57.3 cm³/mol. The molecule has 1 unspecified atom stereocenters. The summed E-state index contributed by atoms with van der Waals surface area (Å²) in [5.74, 6) is 0. The summed E-state index contributed by atoms with van der Waals surface area (Å²) < 4.78 is 10.5. The van der Waals surface area contributed by atoms with Crippen LogP contribution < -0.4 is 5.73 Å². The lowest BCUT2D eigenvalue weighted by Gasteiger charge is -2.42. The van der Waals surface area contributed by atoms with Gasteiger partial charge in [-0.2, -0.15) is 0 Å². The van der Waals surface area contributed by atoms with E-state index in [4.69, 9.17) is 15.2 Å². The molecular formula is C11H23NO2. The lowest BCUT2D eigenvalue weighted by Crippen LogP contribution is -2.44. The molecule has 1 aliphatic rings. The first-order chi connectivity index (χ1) is 6.72. The van der Waals surface area contributed by atoms with E-state index in [-0.39, 0.29) is 11.6 Å². The number of nitrogens with two attached hydrogens (primary N) is 1. The Labute approximate surface area is 86.9 Å². The van der Waals surface area contributed by atoms with Crippen molar-refractivity contribution in [2.75, 3.05) is 20.8 Å². The molecule has 3 nitrogen and oxygen atoms in total. The van der Waals surface area contributed by atoms with Crippen molar-refractivity contribution in [3.8, 4) is 0 Å². The van der Waals surface area contributed by atoms with Gasteiger partial charge < -0.3 is 15.2 Å². The molecule has 14 heavy (non-hydrogen) atoms. The average Bonchev–Trinajstić information content (AvgIpc) is 2.12. The summed E-state index contributed by atoms with van der Waals surface area (Å²) in [6.45, 7) is 0.813. The highest BCUT2D eigenvalue weighted by atomic mass is 16.5. The Hall–Kier alpha value is -0.120. The summed E-state index contributed by atoms with van der Waals surface area (Å²) in [6, 6.07) is 0.269. The maximum atomic E-state index is 6.05. The first-order valence-electron chi connectivity index (χ1n) is 5.52. The topological polar surface area (TPSA) is 44.5 Å². The van der Waals surface area contributed by atoms with Gasteiger partial charge in [-0.3, -0.25) is 0 Å². The molecule has 2 N–H and O–H groups in total. The zero-order valence-corrected chi connectivity index (χ0v) is 9.42. The summed E-state index contributed by atoms with van der Waals surface area (Å²) in [4.78, 5) is 0. The van der Waals surface area contributed by atoms with E-state index in [1.54, 1.807) is 14.2 Å². The molecule has 1 rings (SSSR count). The second-order valence-electron chi connectivity index (χ2n) is 4.34. The molecule has 0 saturated heterocycles. The van der Waals surface area contributed by atoms with Gasteiger partial charge in [-0.15, -0.1) is 0 Å². The molecule has 3 heteroatoms. The summed E-state index contributed by atoms with van der Waals surface area (Å²) in [5.41, 5.74) is 6.17. The monoisotopic (exact) mass is 201 g/mol. The Balaban J connectivity index is 2.15. The van der Waals surface area contributed by atoms with Crippen LogP contribution in [0.25, 0.3) is 0 Å². The highest BCUT2D eigenvalue weighted by Crippen LogP contribution is 2.38. The van der Waals surface area contributed by atoms with Gasteiger partial charge in [-0.25, -0.2) is 0 Å². The second kappa shape index (κ2) is 5.69. The molecule has 84 valence electrons. The van der Waals surface area contributed by atoms with E-state index < -0.39 is 0 Å². The van der Waals surface area contributed by atoms with E-state index in [0.717, 1.165) is 25.9 Å². The first-order valence-corrected chi connectivity index (χ1v) is 5.52. The van der Waals surface area contributed by atoms with Gasteiger partial charge in [0.15, 0.2) is 0 Å². The minimum atomic E-state index is 0.118. The fourth-order valence-electron chi connectivity index (χ4n) is 2.13. The largest absolute Gasteiger partial charge is 0.385 e. The van der Waals surface area contributed by atoms with Crippen LogP contribution in [-0.2, 0) is 9.47 Å². The second-order valence-corrected chi connectivity index (χ2v) is 4.34. The Bertz CT molecular complexity index is 152. The number of rotatable bonds is 7. The summed E-state index contributed by atoms with van der Waals surface area (Å²) in [6.07, 6.45) is 6.76. The van der Waals surface area contributed by atoms with E-state index in [1.807, 2.05) is 0 Å². The van der Waals surface area contributed by atoms with Crippen LogP contribution >= 0.6 is 0 Å². The van der Waals surface area contributed by atoms with Crippen LogP contribution in [0.3, 0.4) is 0 Å². The minimum Gasteiger partial charge on any atom is -0.385 e. The van der Waals surface area contributed by atoms with Crippen LogP contribution in [0.4, 0.5) is 0 Å². The average molecular weight is 201 g/mol. The standard InChI is InChI=1S/C11H23NO2/c1-13-8-3-5-10(12)9-11(14-2)6-4-7-11/h10H,3-9,12H2,1-2H3. The van der Waals surface area contributed by atoms with Crippen molar-refractivity contribution in [3.63, 3.8) is 0 Å². The fourth-order valence-corrected chi connectivity index (χ4v) is 2.13. The van der Waals surface area contributed by atoms with Gasteiger partial charge in [0.1, 0.15) is 0 Å². The Kier molecular flexibility index (Phi) is 4.85. The van der Waals surface area contributed by atoms with E-state index in [1.165, 1.54) is 19.3 Å². The number of ether oxygens (including phenoxy) is 2. The van der Waals surface area contributed by atoms with Crippen molar-refractivity contribution in [1.82, 2.24) is 0 Å². The maximum Gasteiger partial charge on any atom is 0.0693 e. The molecule has 0 aromatic rings. The van der Waals surface area contributed by atoms with Crippen molar-refractivity contribution in [1.29, 1.82) is 0 Å². The molecule has 1 aliphatic carbocycles. The van der Waals surface area contributed by atoms with Crippen molar-refractivity contribution in [3.05, 3.63) is 0 Å². The molecule has 0 spiro atoms. The van der Waals surface area contributed by atoms with Gasteiger partial charge in [0.25, 0.3) is 0 Å². The van der Waals surface area contributed by atoms with E-state index in [2.05, 4.69) is 0 Å². The minimum absolute atomic E-state index is 0.118. The van der Waals surface area contributed by atoms with E-state index in [9.17, 15) is 0 Å². The normalized spacial score (nSPS) is 21.6. The third-order valence-electron chi connectivity index (χ3n) is 3.26. The number of hydrogen-bond acceptors (Lipinski definition) is 3. The smallest absolute Gasteiger partial charge is 0.0693 e. The molecule has 0 aromatic heterocycles. The Morgan fingerprint density at radius 3 is 2.50 bits per heavy atom. The Morgan fingerprint density at radius 1 is 1.36 bits per heavy atom. The molecule has 0 heterocycles. The fraction of sp³-hybridized carbons (Fsp3) is 1.00. The van der Waals surface area contributed by atoms with Crippen molar-refractivity contribution in [2.45, 2.75) is 50.2 Å². The summed E-state index contributed by atoms with van der Waals surface area (Å²) in [7, 11) is 3.54. The number of hydrogen-bond donors (Lipinski definition) is 1. The molecule has 1 fully saturated rings. The third kappa shape index (κ3) is 3.23. The molecule has 0 radical (unpaired) electrons. The molecular weight excluding hydrogens is 178 g/mol. The zero-order valence-electron chi connectivity index (χ0n) is 9.42. The zero-order chi connectivity index (χ0) is 10.4. The Morgan fingerprint density at radius 2 is 2.07 bits per heavy atom. The van der Waals surface area contributed by atoms with Crippen LogP contribution in [-0.4, -0.2) is 32.5 Å². The highest BCUT2D eigenvalue weighted by Gasteiger charge is 2.37. The van der Waals surface area contributed by atoms with Gasteiger partial charge >= 0.3 is 0 Å². The molecule has 1 atom stereocenters. The van der Waals surface area contributed by atoms with Crippen LogP contribution in [0, 0.1) is 0 Å². The predicted octanol–water partition coefficient (Wildman–Crippen LogP) is 1.70. The maximum absolute atomic E-state index is 6.05. The van der Waals surface area contributed by atoms with E-state index in [0.29, 0.717) is 0 Å². The highest BCUT2D eigenvalue weighted by molar-refractivity contribution is 4.92. The first kappa shape index (κ1) is 12.0. The molecule has 0 aliphatic heterocycles. The molecule has 0 bridgehead atoms. The van der Waals surface area contributed by atoms with Crippen LogP contribution in [0.5, 0.6) is 0 Å². The van der Waals surface area contributed by atoms with Crippen molar-refractivity contribution in [2.24, 2.45) is 5.73 Å². The van der Waals surface area contributed by atoms with Gasteiger partial charge in [0, 0.05) is 26.9 Å². The van der Waals surface area contributed by atoms with Crippen LogP contribution in [0.1, 0.15) is 38.5 Å². The SMILES string of the molecule is COCCCC(N)CC1(OC)CCC1. The van der Waals surface area contributed by atoms with Gasteiger partial charge in [0.05, 0.1) is 5.60 Å². The van der Waals surface area contributed by atoms with Crippen LogP contribution in [0.15, 0.2) is 0 Å². The van der Waals surface area contributed by atoms with Gasteiger partial charge in [-0.05, 0) is 38.5 Å². The van der Waals surface area contributed by atoms with Crippen molar-refractivity contribution >= 4 is 0 Å². The summed E-state index contributed by atoms with van der Waals surface area (Å²) >= 11 is 0. The van der Waals surface area contributed by atoms with E-state index >= 15 is 0 Å². The van der Waals surface area contributed by atoms with Gasteiger partial charge in [-0.1, -0.05) is 0 Å². The quantitative estimate of drug-likeness (QED) is 0.638. The van der Waals surface area contributed by atoms with Crippen LogP contribution in [0.2, 0.25) is 0 Å².